The second-order valence-corrected chi connectivity index (χ2v) is 11.3. The van der Waals surface area contributed by atoms with Gasteiger partial charge in [-0.1, -0.05) is 31.4 Å². The summed E-state index contributed by atoms with van der Waals surface area (Å²) in [7, 11) is 1.75. The molecule has 38 heavy (non-hydrogen) atoms. The van der Waals surface area contributed by atoms with E-state index in [-0.39, 0.29) is 11.9 Å². The van der Waals surface area contributed by atoms with Crippen molar-refractivity contribution in [1.82, 2.24) is 10.6 Å². The molecule has 7 heteroatoms. The van der Waals surface area contributed by atoms with Gasteiger partial charge in [0.2, 0.25) is 6.41 Å². The van der Waals surface area contributed by atoms with Crippen LogP contribution in [-0.4, -0.2) is 52.3 Å². The number of aryl methyl sites for hydroxylation is 1. The van der Waals surface area contributed by atoms with E-state index < -0.39 is 0 Å². The van der Waals surface area contributed by atoms with E-state index in [1.807, 2.05) is 6.07 Å². The highest BCUT2D eigenvalue weighted by Gasteiger charge is 2.36. The minimum atomic E-state index is -0.273. The number of rotatable bonds is 12. The first-order valence-electron chi connectivity index (χ1n) is 14.4. The molecule has 0 spiro atoms. The average Bonchev–Trinajstić information content (AvgIpc) is 3.55. The predicted octanol–water partition coefficient (Wildman–Crippen LogP) is 5.05. The summed E-state index contributed by atoms with van der Waals surface area (Å²) >= 11 is 0. The number of nitrogens with zero attached hydrogens (tertiary/aromatic N) is 1. The SMILES string of the molecule is COc1ccc(CCC(CCNC=O)Oc2cc(F)cc(N3CC4CNCC4C3)c2)cc1C1CCCCC1. The van der Waals surface area contributed by atoms with Crippen molar-refractivity contribution in [2.75, 3.05) is 44.7 Å². The lowest BCUT2D eigenvalue weighted by Gasteiger charge is -2.25. The summed E-state index contributed by atoms with van der Waals surface area (Å²) in [6.07, 6.45) is 9.20. The van der Waals surface area contributed by atoms with Gasteiger partial charge in [-0.05, 0) is 66.7 Å². The molecule has 0 aromatic heterocycles. The summed E-state index contributed by atoms with van der Waals surface area (Å²) in [5.74, 6) is 3.10. The Morgan fingerprint density at radius 3 is 2.61 bits per heavy atom. The van der Waals surface area contributed by atoms with Gasteiger partial charge in [0.1, 0.15) is 23.4 Å². The maximum absolute atomic E-state index is 14.7. The molecular weight excluding hydrogens is 481 g/mol. The Bertz CT molecular complexity index is 1060. The van der Waals surface area contributed by atoms with Crippen LogP contribution in [0.3, 0.4) is 0 Å². The van der Waals surface area contributed by atoms with E-state index in [0.29, 0.717) is 36.5 Å². The summed E-state index contributed by atoms with van der Waals surface area (Å²) in [4.78, 5) is 13.2. The average molecular weight is 524 g/mol. The zero-order valence-electron chi connectivity index (χ0n) is 22.6. The first-order valence-corrected chi connectivity index (χ1v) is 14.4. The molecule has 6 nitrogen and oxygen atoms in total. The normalized spacial score (nSPS) is 22.2. The fraction of sp³-hybridized carbons (Fsp3) is 0.581. The largest absolute Gasteiger partial charge is 0.496 e. The van der Waals surface area contributed by atoms with Crippen LogP contribution in [0.15, 0.2) is 36.4 Å². The number of anilines is 1. The fourth-order valence-electron chi connectivity index (χ4n) is 6.62. The molecule has 3 atom stereocenters. The van der Waals surface area contributed by atoms with E-state index in [1.54, 1.807) is 13.2 Å². The summed E-state index contributed by atoms with van der Waals surface area (Å²) in [6, 6.07) is 11.6. The maximum atomic E-state index is 14.7. The van der Waals surface area contributed by atoms with Gasteiger partial charge >= 0.3 is 0 Å². The monoisotopic (exact) mass is 523 g/mol. The van der Waals surface area contributed by atoms with Crippen LogP contribution in [-0.2, 0) is 11.2 Å². The molecule has 0 bridgehead atoms. The quantitative estimate of drug-likeness (QED) is 0.301. The number of fused-ring (bicyclic) bond motifs is 1. The number of methoxy groups -OCH3 is 1. The van der Waals surface area contributed by atoms with E-state index >= 15 is 0 Å². The Labute approximate surface area is 226 Å². The van der Waals surface area contributed by atoms with E-state index in [1.165, 1.54) is 49.3 Å². The van der Waals surface area contributed by atoms with Crippen LogP contribution in [0.4, 0.5) is 10.1 Å². The van der Waals surface area contributed by atoms with Gasteiger partial charge in [-0.15, -0.1) is 0 Å². The molecule has 0 radical (unpaired) electrons. The zero-order valence-corrected chi connectivity index (χ0v) is 22.6. The summed E-state index contributed by atoms with van der Waals surface area (Å²) in [5, 5.41) is 6.22. The third kappa shape index (κ3) is 6.60. The molecule has 5 rings (SSSR count). The van der Waals surface area contributed by atoms with Crippen molar-refractivity contribution in [2.24, 2.45) is 11.8 Å². The van der Waals surface area contributed by atoms with Crippen LogP contribution in [0.2, 0.25) is 0 Å². The van der Waals surface area contributed by atoms with Crippen molar-refractivity contribution < 1.29 is 18.7 Å². The molecule has 2 saturated heterocycles. The third-order valence-corrected chi connectivity index (χ3v) is 8.70. The fourth-order valence-corrected chi connectivity index (χ4v) is 6.62. The number of benzene rings is 2. The number of nitrogens with one attached hydrogen (secondary N) is 2. The molecule has 2 aromatic rings. The zero-order chi connectivity index (χ0) is 26.3. The van der Waals surface area contributed by atoms with Crippen molar-refractivity contribution in [3.63, 3.8) is 0 Å². The van der Waals surface area contributed by atoms with Crippen LogP contribution in [0, 0.1) is 17.7 Å². The summed E-state index contributed by atoms with van der Waals surface area (Å²) < 4.78 is 26.8. The first kappa shape index (κ1) is 26.8. The highest BCUT2D eigenvalue weighted by atomic mass is 19.1. The molecule has 2 aromatic carbocycles. The van der Waals surface area contributed by atoms with Crippen LogP contribution < -0.4 is 25.0 Å². The van der Waals surface area contributed by atoms with Crippen LogP contribution in [0.1, 0.15) is 62.0 Å². The molecule has 206 valence electrons. The minimum absolute atomic E-state index is 0.139. The number of hydrogen-bond donors (Lipinski definition) is 2. The lowest BCUT2D eigenvalue weighted by atomic mass is 9.83. The number of amides is 1. The van der Waals surface area contributed by atoms with E-state index in [0.717, 1.165) is 56.9 Å². The standard InChI is InChI=1S/C31H42FN3O3/c1-37-31-10-8-22(13-30(31)23-5-3-2-4-6-23)7-9-28(11-12-33-21-36)38-29-15-26(32)14-27(16-29)35-19-24-17-34-18-25(24)20-35/h8,10,13-16,21,23-25,28,34H,2-7,9,11-12,17-20H2,1H3,(H,33,36). The second kappa shape index (κ2) is 12.8. The summed E-state index contributed by atoms with van der Waals surface area (Å²) in [6.45, 7) is 4.51. The Balaban J connectivity index is 1.27. The van der Waals surface area contributed by atoms with E-state index in [9.17, 15) is 9.18 Å². The molecule has 1 amide bonds. The van der Waals surface area contributed by atoms with Crippen molar-refractivity contribution >= 4 is 12.1 Å². The van der Waals surface area contributed by atoms with Crippen molar-refractivity contribution in [3.05, 3.63) is 53.3 Å². The number of carbonyl (C=O) groups excluding carboxylic acids is 1. The molecule has 1 saturated carbocycles. The van der Waals surface area contributed by atoms with Gasteiger partial charge in [-0.3, -0.25) is 4.79 Å². The smallest absolute Gasteiger partial charge is 0.207 e. The number of ether oxygens (including phenoxy) is 2. The van der Waals surface area contributed by atoms with Crippen molar-refractivity contribution in [3.8, 4) is 11.5 Å². The molecule has 3 fully saturated rings. The Morgan fingerprint density at radius 2 is 1.87 bits per heavy atom. The van der Waals surface area contributed by atoms with Gasteiger partial charge in [0.15, 0.2) is 0 Å². The van der Waals surface area contributed by atoms with Gasteiger partial charge in [0.05, 0.1) is 7.11 Å². The van der Waals surface area contributed by atoms with Crippen molar-refractivity contribution in [1.29, 1.82) is 0 Å². The number of carbonyl (C=O) groups is 1. The van der Waals surface area contributed by atoms with Gasteiger partial charge < -0.3 is 25.0 Å². The molecule has 2 aliphatic heterocycles. The van der Waals surface area contributed by atoms with E-state index in [2.05, 4.69) is 33.7 Å². The first-order chi connectivity index (χ1) is 18.6. The topological polar surface area (TPSA) is 62.8 Å². The Kier molecular flexibility index (Phi) is 9.05. The molecule has 3 unspecified atom stereocenters. The highest BCUT2D eigenvalue weighted by molar-refractivity contribution is 5.52. The Hall–Kier alpha value is -2.80. The lowest BCUT2D eigenvalue weighted by molar-refractivity contribution is -0.109. The third-order valence-electron chi connectivity index (χ3n) is 8.70. The summed E-state index contributed by atoms with van der Waals surface area (Å²) in [5.41, 5.74) is 3.48. The molecule has 1 aliphatic carbocycles. The predicted molar refractivity (Wildman–Crippen MR) is 149 cm³/mol. The highest BCUT2D eigenvalue weighted by Crippen LogP contribution is 2.38. The van der Waals surface area contributed by atoms with E-state index in [4.69, 9.17) is 9.47 Å². The van der Waals surface area contributed by atoms with Crippen LogP contribution >= 0.6 is 0 Å². The van der Waals surface area contributed by atoms with Crippen molar-refractivity contribution in [2.45, 2.75) is 63.4 Å². The second-order valence-electron chi connectivity index (χ2n) is 11.3. The van der Waals surface area contributed by atoms with Gasteiger partial charge in [0.25, 0.3) is 0 Å². The van der Waals surface area contributed by atoms with Crippen LogP contribution in [0.25, 0.3) is 0 Å². The molecular formula is C31H42FN3O3. The number of halogens is 1. The van der Waals surface area contributed by atoms with Gasteiger partial charge in [-0.25, -0.2) is 4.39 Å². The number of hydrogen-bond acceptors (Lipinski definition) is 5. The molecule has 2 heterocycles. The van der Waals surface area contributed by atoms with Gasteiger partial charge in [0, 0.05) is 57.0 Å². The minimum Gasteiger partial charge on any atom is -0.496 e. The maximum Gasteiger partial charge on any atom is 0.207 e. The Morgan fingerprint density at radius 1 is 1.08 bits per heavy atom. The molecule has 3 aliphatic rings. The van der Waals surface area contributed by atoms with Gasteiger partial charge in [-0.2, -0.15) is 0 Å². The molecule has 2 N–H and O–H groups in total. The lowest BCUT2D eigenvalue weighted by Crippen LogP contribution is -2.26. The van der Waals surface area contributed by atoms with Crippen LogP contribution in [0.5, 0.6) is 11.5 Å².